The van der Waals surface area contributed by atoms with Crippen LogP contribution < -0.4 is 0 Å². The van der Waals surface area contributed by atoms with Gasteiger partial charge in [0.25, 0.3) is 0 Å². The molecule has 1 radical (unpaired) electrons. The number of halogens is 1. The van der Waals surface area contributed by atoms with Gasteiger partial charge in [0.15, 0.2) is 0 Å². The number of hydrogen-bond donors (Lipinski definition) is 0. The van der Waals surface area contributed by atoms with Gasteiger partial charge >= 0.3 is 0 Å². The number of para-hydroxylation sites is 3. The van der Waals surface area contributed by atoms with Crippen LogP contribution >= 0.6 is 0 Å². The Balaban J connectivity index is 0.000000211. The van der Waals surface area contributed by atoms with E-state index >= 15 is 0 Å². The fourth-order valence-electron chi connectivity index (χ4n) is 8.24. The van der Waals surface area contributed by atoms with Crippen molar-refractivity contribution in [1.82, 2.24) is 19.5 Å². The van der Waals surface area contributed by atoms with E-state index in [-0.39, 0.29) is 60.4 Å². The van der Waals surface area contributed by atoms with Crippen molar-refractivity contribution in [3.8, 4) is 50.7 Å². The summed E-state index contributed by atoms with van der Waals surface area (Å²) in [5, 5.41) is 1.55. The summed E-state index contributed by atoms with van der Waals surface area (Å²) in [5.41, 5.74) is 9.36. The van der Waals surface area contributed by atoms with Crippen LogP contribution in [0.5, 0.6) is 0 Å². The van der Waals surface area contributed by atoms with Crippen LogP contribution in [0, 0.1) is 30.2 Å². The van der Waals surface area contributed by atoms with Crippen molar-refractivity contribution in [3.05, 3.63) is 192 Å². The van der Waals surface area contributed by atoms with Crippen molar-refractivity contribution in [2.24, 2.45) is 5.41 Å². The molecule has 66 heavy (non-hydrogen) atoms. The molecule has 10 aromatic rings. The molecule has 10 rings (SSSR count). The number of hydrogen-bond acceptors (Lipinski definition) is 4. The van der Waals surface area contributed by atoms with Crippen molar-refractivity contribution >= 4 is 33.0 Å². The van der Waals surface area contributed by atoms with Crippen LogP contribution in [0.25, 0.3) is 83.7 Å². The van der Waals surface area contributed by atoms with Gasteiger partial charge in [-0.25, -0.2) is 4.98 Å². The Morgan fingerprint density at radius 3 is 2.24 bits per heavy atom. The van der Waals surface area contributed by atoms with E-state index < -0.39 is 18.6 Å². The molecule has 0 N–H and O–H groups in total. The first-order chi connectivity index (χ1) is 34.1. The fourth-order valence-corrected chi connectivity index (χ4v) is 8.24. The number of nitrogens with zero attached hydrogens (tertiary/aromatic N) is 4. The zero-order chi connectivity index (χ0) is 51.4. The Labute approximate surface area is 411 Å². The van der Waals surface area contributed by atoms with Crippen LogP contribution in [0.15, 0.2) is 156 Å². The minimum atomic E-state index is -2.63. The van der Waals surface area contributed by atoms with Crippen LogP contribution in [0.1, 0.15) is 92.2 Å². The molecule has 0 unspecified atom stereocenters. The number of furan rings is 1. The summed E-state index contributed by atoms with van der Waals surface area (Å²) in [7, 11) is 0. The van der Waals surface area contributed by atoms with Crippen molar-refractivity contribution in [1.29, 1.82) is 0 Å². The molecule has 5 nitrogen and oxygen atoms in total. The second kappa shape index (κ2) is 19.1. The average molecular weight is 1050 g/mol. The number of aromatic nitrogens is 4. The van der Waals surface area contributed by atoms with Gasteiger partial charge in [0.05, 0.1) is 30.9 Å². The Bertz CT molecular complexity index is 3610. The third kappa shape index (κ3) is 9.42. The monoisotopic (exact) mass is 1050 g/mol. The van der Waals surface area contributed by atoms with Gasteiger partial charge in [0.2, 0.25) is 0 Å². The minimum Gasteiger partial charge on any atom is -0.501 e. The second-order valence-electron chi connectivity index (χ2n) is 17.8. The normalized spacial score (nSPS) is 13.6. The number of rotatable bonds is 8. The quantitative estimate of drug-likeness (QED) is 0.142. The van der Waals surface area contributed by atoms with Gasteiger partial charge in [-0.2, -0.15) is 0 Å². The Hall–Kier alpha value is -6.53. The first-order valence-corrected chi connectivity index (χ1v) is 21.8. The molecule has 0 aliphatic carbocycles. The van der Waals surface area contributed by atoms with Crippen LogP contribution in [0.4, 0.5) is 4.39 Å². The topological polar surface area (TPSA) is 56.7 Å². The van der Waals surface area contributed by atoms with Gasteiger partial charge in [-0.05, 0) is 87.7 Å². The predicted molar refractivity (Wildman–Crippen MR) is 266 cm³/mol. The van der Waals surface area contributed by atoms with Gasteiger partial charge in [-0.1, -0.05) is 156 Å². The van der Waals surface area contributed by atoms with E-state index in [1.165, 1.54) is 47.4 Å². The van der Waals surface area contributed by atoms with Crippen LogP contribution in [-0.4, -0.2) is 19.5 Å². The molecule has 0 aliphatic heterocycles. The van der Waals surface area contributed by atoms with E-state index in [2.05, 4.69) is 78.6 Å². The maximum atomic E-state index is 13.5. The predicted octanol–water partition coefficient (Wildman–Crippen LogP) is 16.0. The van der Waals surface area contributed by atoms with E-state index in [9.17, 15) is 4.39 Å². The third-order valence-corrected chi connectivity index (χ3v) is 11.2. The first kappa shape index (κ1) is 37.7. The van der Waals surface area contributed by atoms with Crippen molar-refractivity contribution in [3.63, 3.8) is 0 Å². The van der Waals surface area contributed by atoms with Crippen LogP contribution in [-0.2, 0) is 26.5 Å². The van der Waals surface area contributed by atoms with Gasteiger partial charge in [-0.3, -0.25) is 14.4 Å². The summed E-state index contributed by atoms with van der Waals surface area (Å²) in [5.74, 6) is 1.22. The van der Waals surface area contributed by atoms with Crippen molar-refractivity contribution in [2.75, 3.05) is 0 Å². The summed E-state index contributed by atoms with van der Waals surface area (Å²) in [6, 6.07) is 47.0. The number of aryl methyl sites for hydroxylation is 1. The molecule has 0 fully saturated rings. The smallest absolute Gasteiger partial charge is 0.121 e. The standard InChI is InChI=1S/C34H29N2O.C25H24FN2.Ir/c1-22-17-23(20-34(2,3)4)13-15-26(22)30-19-31(36-21-35-30)29-12-8-11-28-27-16-14-25(18-32(27)37-33(28)29)24-9-6-5-7-10-24;1-16(2)20-8-7-9-21(17(3)4)24(20)28-23-11-6-5-10-22(23)27-25(28)18-12-14-19(26)15-13-18;/h5-11,13-19,21H,20H2,1-4H3;5-12,14-17H,1-4H3;/q2*-1;/i1D3,15D,18D,20D2;;. The summed E-state index contributed by atoms with van der Waals surface area (Å²) < 4.78 is 81.9. The maximum absolute atomic E-state index is 13.5. The van der Waals surface area contributed by atoms with Gasteiger partial charge in [0, 0.05) is 49.4 Å². The molecule has 0 saturated carbocycles. The van der Waals surface area contributed by atoms with Gasteiger partial charge in [0.1, 0.15) is 11.9 Å². The van der Waals surface area contributed by atoms with Crippen molar-refractivity contribution in [2.45, 2.75) is 73.5 Å². The number of benzene rings is 7. The molecular formula is C59H53FIrN4O-2. The molecule has 0 amide bonds. The molecule has 3 heterocycles. The Morgan fingerprint density at radius 1 is 0.788 bits per heavy atom. The molecule has 333 valence electrons. The molecule has 3 aromatic heterocycles. The number of imidazole rings is 1. The van der Waals surface area contributed by atoms with Crippen LogP contribution in [0.3, 0.4) is 0 Å². The molecule has 7 heteroatoms. The summed E-state index contributed by atoms with van der Waals surface area (Å²) in [6.07, 6.45) is -0.588. The SMILES string of the molecule is CC(C)c1cccc(C(C)C)c1-n1c(-c2[c-]cc(F)cc2)nc2ccccc21.[2H]c1cc(C([2H])([2H])C(C)(C)C)cc(C([2H])([2H])[2H])c1-c1cc(-c2[c-]ccc3c2oc2c([2H])c(-c4ccccc4)ccc23)ncn1.[Ir]. The Morgan fingerprint density at radius 2 is 1.53 bits per heavy atom. The van der Waals surface area contributed by atoms with E-state index in [4.69, 9.17) is 19.0 Å². The molecule has 0 bridgehead atoms. The molecule has 0 aliphatic rings. The molecule has 0 atom stereocenters. The fraction of sp³-hybridized carbons (Fsp3) is 0.203. The van der Waals surface area contributed by atoms with Crippen LogP contribution in [0.2, 0.25) is 0 Å². The summed E-state index contributed by atoms with van der Waals surface area (Å²) in [4.78, 5) is 13.7. The second-order valence-corrected chi connectivity index (χ2v) is 17.8. The van der Waals surface area contributed by atoms with E-state index in [0.29, 0.717) is 34.3 Å². The Kier molecular flexibility index (Phi) is 10.9. The molecule has 7 aromatic carbocycles. The largest absolute Gasteiger partial charge is 0.501 e. The molecular weight excluding hydrogens is 992 g/mol. The van der Waals surface area contributed by atoms with E-state index in [1.807, 2.05) is 66.7 Å². The molecule has 0 saturated heterocycles. The zero-order valence-electron chi connectivity index (χ0n) is 44.8. The van der Waals surface area contributed by atoms with Gasteiger partial charge in [-0.15, -0.1) is 48.0 Å². The minimum absolute atomic E-state index is 0. The average Bonchev–Trinajstić information content (AvgIpc) is 3.93. The third-order valence-electron chi connectivity index (χ3n) is 11.2. The number of fused-ring (bicyclic) bond motifs is 4. The summed E-state index contributed by atoms with van der Waals surface area (Å²) >= 11 is 0. The summed E-state index contributed by atoms with van der Waals surface area (Å²) in [6.45, 7) is 11.4. The van der Waals surface area contributed by atoms with E-state index in [0.717, 1.165) is 44.3 Å². The molecule has 0 spiro atoms. The zero-order valence-corrected chi connectivity index (χ0v) is 40.2. The van der Waals surface area contributed by atoms with E-state index in [1.54, 1.807) is 39.0 Å². The first-order valence-electron chi connectivity index (χ1n) is 25.3. The van der Waals surface area contributed by atoms with Gasteiger partial charge < -0.3 is 8.98 Å². The van der Waals surface area contributed by atoms with Crippen molar-refractivity contribution < 1.29 is 38.5 Å². The maximum Gasteiger partial charge on any atom is 0.121 e.